The molecule has 94 valence electrons. The van der Waals surface area contributed by atoms with E-state index in [1.54, 1.807) is 0 Å². The van der Waals surface area contributed by atoms with Gasteiger partial charge in [0.2, 0.25) is 5.91 Å². The molecule has 0 aromatic rings. The van der Waals surface area contributed by atoms with Crippen molar-refractivity contribution in [3.63, 3.8) is 0 Å². The molecule has 1 saturated heterocycles. The van der Waals surface area contributed by atoms with E-state index in [2.05, 4.69) is 17.6 Å². The van der Waals surface area contributed by atoms with Crippen LogP contribution in [0.5, 0.6) is 0 Å². The van der Waals surface area contributed by atoms with Crippen molar-refractivity contribution in [3.8, 4) is 0 Å². The van der Waals surface area contributed by atoms with Gasteiger partial charge in [0.1, 0.15) is 0 Å². The van der Waals surface area contributed by atoms with Crippen LogP contribution in [-0.4, -0.2) is 35.7 Å². The molecule has 16 heavy (non-hydrogen) atoms. The lowest BCUT2D eigenvalue weighted by Crippen LogP contribution is -2.46. The predicted molar refractivity (Wildman–Crippen MR) is 64.6 cm³/mol. The Hall–Kier alpha value is -0.320. The van der Waals surface area contributed by atoms with Gasteiger partial charge in [-0.25, -0.2) is 0 Å². The largest absolute Gasteiger partial charge is 0.392 e. The zero-order valence-corrected chi connectivity index (χ0v) is 10.4. The SMILES string of the molecule is CC1CCCC1NC(=O)[C@H]1C[C@@H](O)CN1.Cl. The van der Waals surface area contributed by atoms with E-state index in [-0.39, 0.29) is 30.5 Å². The van der Waals surface area contributed by atoms with Crippen LogP contribution in [0, 0.1) is 5.92 Å². The van der Waals surface area contributed by atoms with Gasteiger partial charge in [0.25, 0.3) is 0 Å². The van der Waals surface area contributed by atoms with Crippen molar-refractivity contribution < 1.29 is 9.90 Å². The van der Waals surface area contributed by atoms with Crippen molar-refractivity contribution >= 4 is 18.3 Å². The summed E-state index contributed by atoms with van der Waals surface area (Å²) in [5.74, 6) is 0.658. The van der Waals surface area contributed by atoms with Crippen LogP contribution < -0.4 is 10.6 Å². The van der Waals surface area contributed by atoms with Crippen molar-refractivity contribution in [1.82, 2.24) is 10.6 Å². The average Bonchev–Trinajstić information content (AvgIpc) is 2.77. The molecule has 3 N–H and O–H groups in total. The van der Waals surface area contributed by atoms with Crippen LogP contribution in [0.3, 0.4) is 0 Å². The van der Waals surface area contributed by atoms with Crippen molar-refractivity contribution in [2.45, 2.75) is 50.8 Å². The van der Waals surface area contributed by atoms with Crippen molar-refractivity contribution in [2.75, 3.05) is 6.54 Å². The molecule has 0 spiro atoms. The van der Waals surface area contributed by atoms with Crippen LogP contribution in [0.4, 0.5) is 0 Å². The highest BCUT2D eigenvalue weighted by atomic mass is 35.5. The molecule has 1 amide bonds. The lowest BCUT2D eigenvalue weighted by molar-refractivity contribution is -0.123. The minimum atomic E-state index is -0.359. The first-order valence-electron chi connectivity index (χ1n) is 5.88. The van der Waals surface area contributed by atoms with Crippen molar-refractivity contribution in [3.05, 3.63) is 0 Å². The summed E-state index contributed by atoms with van der Waals surface area (Å²) in [7, 11) is 0. The van der Waals surface area contributed by atoms with Gasteiger partial charge in [0.15, 0.2) is 0 Å². The summed E-state index contributed by atoms with van der Waals surface area (Å²) >= 11 is 0. The third-order valence-electron chi connectivity index (χ3n) is 3.61. The highest BCUT2D eigenvalue weighted by Crippen LogP contribution is 2.25. The Morgan fingerprint density at radius 2 is 2.19 bits per heavy atom. The Morgan fingerprint density at radius 1 is 1.44 bits per heavy atom. The fraction of sp³-hybridized carbons (Fsp3) is 0.909. The molecule has 2 aliphatic rings. The van der Waals surface area contributed by atoms with E-state index in [0.717, 1.165) is 6.42 Å². The zero-order valence-electron chi connectivity index (χ0n) is 9.61. The molecule has 0 bridgehead atoms. The molecule has 2 unspecified atom stereocenters. The van der Waals surface area contributed by atoms with Gasteiger partial charge in [0, 0.05) is 12.6 Å². The summed E-state index contributed by atoms with van der Waals surface area (Å²) in [6.45, 7) is 2.73. The second kappa shape index (κ2) is 5.84. The third-order valence-corrected chi connectivity index (χ3v) is 3.61. The summed E-state index contributed by atoms with van der Waals surface area (Å²) in [4.78, 5) is 11.8. The van der Waals surface area contributed by atoms with E-state index in [1.807, 2.05) is 0 Å². The summed E-state index contributed by atoms with van der Waals surface area (Å²) in [6, 6.07) is 0.157. The summed E-state index contributed by atoms with van der Waals surface area (Å²) < 4.78 is 0. The molecule has 5 heteroatoms. The van der Waals surface area contributed by atoms with E-state index in [0.29, 0.717) is 24.9 Å². The molecule has 1 saturated carbocycles. The number of halogens is 1. The molecule has 2 fully saturated rings. The van der Waals surface area contributed by atoms with E-state index in [4.69, 9.17) is 0 Å². The number of rotatable bonds is 2. The summed E-state index contributed by atoms with van der Waals surface area (Å²) in [6.07, 6.45) is 3.72. The van der Waals surface area contributed by atoms with Crippen LogP contribution in [0.25, 0.3) is 0 Å². The Bertz CT molecular complexity index is 250. The maximum absolute atomic E-state index is 11.8. The first-order valence-corrected chi connectivity index (χ1v) is 5.88. The van der Waals surface area contributed by atoms with Gasteiger partial charge in [-0.15, -0.1) is 12.4 Å². The topological polar surface area (TPSA) is 61.4 Å². The Labute approximate surface area is 103 Å². The number of nitrogens with one attached hydrogen (secondary N) is 2. The molecular weight excluding hydrogens is 228 g/mol. The number of carbonyl (C=O) groups is 1. The van der Waals surface area contributed by atoms with Gasteiger partial charge in [-0.1, -0.05) is 13.3 Å². The van der Waals surface area contributed by atoms with Crippen LogP contribution in [0.1, 0.15) is 32.6 Å². The lowest BCUT2D eigenvalue weighted by Gasteiger charge is -2.19. The average molecular weight is 249 g/mol. The van der Waals surface area contributed by atoms with E-state index >= 15 is 0 Å². The van der Waals surface area contributed by atoms with Crippen LogP contribution in [0.2, 0.25) is 0 Å². The molecule has 0 aromatic heterocycles. The van der Waals surface area contributed by atoms with Crippen LogP contribution >= 0.6 is 12.4 Å². The van der Waals surface area contributed by atoms with Gasteiger partial charge < -0.3 is 15.7 Å². The second-order valence-electron chi connectivity index (χ2n) is 4.87. The highest BCUT2D eigenvalue weighted by molar-refractivity contribution is 5.85. The molecule has 4 atom stereocenters. The normalized spacial score (nSPS) is 38.1. The number of β-amino-alcohol motifs (C(OH)–C–C–N with tert-alkyl or cyclic N) is 1. The molecule has 1 aliphatic carbocycles. The monoisotopic (exact) mass is 248 g/mol. The number of aliphatic hydroxyl groups is 1. The Balaban J connectivity index is 0.00000128. The maximum Gasteiger partial charge on any atom is 0.237 e. The molecule has 0 aromatic carbocycles. The molecule has 0 radical (unpaired) electrons. The number of hydrogen-bond donors (Lipinski definition) is 3. The zero-order chi connectivity index (χ0) is 10.8. The first kappa shape index (κ1) is 13.7. The molecule has 2 rings (SSSR count). The number of hydrogen-bond acceptors (Lipinski definition) is 3. The first-order chi connectivity index (χ1) is 7.16. The van der Waals surface area contributed by atoms with Gasteiger partial charge >= 0.3 is 0 Å². The third kappa shape index (κ3) is 3.09. The fourth-order valence-electron chi connectivity index (χ4n) is 2.56. The second-order valence-corrected chi connectivity index (χ2v) is 4.87. The van der Waals surface area contributed by atoms with Gasteiger partial charge in [-0.3, -0.25) is 4.79 Å². The quantitative estimate of drug-likeness (QED) is 0.665. The van der Waals surface area contributed by atoms with Gasteiger partial charge in [-0.05, 0) is 25.2 Å². The van der Waals surface area contributed by atoms with Gasteiger partial charge in [-0.2, -0.15) is 0 Å². The van der Waals surface area contributed by atoms with Gasteiger partial charge in [0.05, 0.1) is 12.1 Å². The van der Waals surface area contributed by atoms with E-state index in [9.17, 15) is 9.90 Å². The Kier molecular flexibility index (Phi) is 5.02. The Morgan fingerprint density at radius 3 is 2.69 bits per heavy atom. The summed E-state index contributed by atoms with van der Waals surface area (Å²) in [5.41, 5.74) is 0. The molecule has 1 heterocycles. The van der Waals surface area contributed by atoms with E-state index < -0.39 is 0 Å². The smallest absolute Gasteiger partial charge is 0.237 e. The highest BCUT2D eigenvalue weighted by Gasteiger charge is 2.31. The fourth-order valence-corrected chi connectivity index (χ4v) is 2.56. The van der Waals surface area contributed by atoms with Crippen LogP contribution in [-0.2, 0) is 4.79 Å². The lowest BCUT2D eigenvalue weighted by atomic mass is 10.1. The number of amides is 1. The molecular formula is C11H21ClN2O2. The maximum atomic E-state index is 11.8. The molecule has 4 nitrogen and oxygen atoms in total. The minimum Gasteiger partial charge on any atom is -0.392 e. The van der Waals surface area contributed by atoms with E-state index in [1.165, 1.54) is 12.8 Å². The van der Waals surface area contributed by atoms with Crippen LogP contribution in [0.15, 0.2) is 0 Å². The predicted octanol–water partition coefficient (Wildman–Crippen LogP) is 0.436. The minimum absolute atomic E-state index is 0. The number of aliphatic hydroxyl groups excluding tert-OH is 1. The molecule has 1 aliphatic heterocycles. The summed E-state index contributed by atoms with van der Waals surface area (Å²) in [5, 5.41) is 15.4. The standard InChI is InChI=1S/C11H20N2O2.ClH/c1-7-3-2-4-9(7)13-11(15)10-5-8(14)6-12-10;/h7-10,12,14H,2-6H2,1H3,(H,13,15);1H/t7?,8-,9?,10-;/m1./s1. The van der Waals surface area contributed by atoms with Crippen molar-refractivity contribution in [1.29, 1.82) is 0 Å². The van der Waals surface area contributed by atoms with Crippen molar-refractivity contribution in [2.24, 2.45) is 5.92 Å². The number of carbonyl (C=O) groups excluding carboxylic acids is 1.